The number of Topliss-reactive ketones (excluding diaryl/α,β-unsaturated/α-hetero) is 2. The van der Waals surface area contributed by atoms with Crippen molar-refractivity contribution in [2.45, 2.75) is 85.6 Å². The van der Waals surface area contributed by atoms with Crippen molar-refractivity contribution in [1.82, 2.24) is 5.32 Å². The predicted molar refractivity (Wildman–Crippen MR) is 174 cm³/mol. The number of hydrogen-bond donors (Lipinski definition) is 5. The summed E-state index contributed by atoms with van der Waals surface area (Å²) in [5.41, 5.74) is -1.45. The first-order chi connectivity index (χ1) is 22.8. The van der Waals surface area contributed by atoms with E-state index in [0.29, 0.717) is 0 Å². The minimum Gasteiger partial charge on any atom is -0.507 e. The van der Waals surface area contributed by atoms with Crippen LogP contribution in [0.1, 0.15) is 85.1 Å². The number of ketones is 3. The van der Waals surface area contributed by atoms with Crippen molar-refractivity contribution < 1.29 is 58.6 Å². The molecule has 3 aliphatic heterocycles. The Balaban J connectivity index is 1.81. The molecule has 1 aromatic rings. The van der Waals surface area contributed by atoms with Gasteiger partial charge in [0.2, 0.25) is 5.78 Å². The topological polar surface area (TPSA) is 206 Å². The summed E-state index contributed by atoms with van der Waals surface area (Å²) < 4.78 is 17.0. The molecule has 4 aliphatic rings. The summed E-state index contributed by atoms with van der Waals surface area (Å²) in [4.78, 5) is 65.8. The van der Waals surface area contributed by atoms with Crippen molar-refractivity contribution in [3.8, 4) is 11.5 Å². The minimum atomic E-state index is -2.08. The molecule has 0 aromatic heterocycles. The van der Waals surface area contributed by atoms with E-state index >= 15 is 0 Å². The molecule has 9 atom stereocenters. The van der Waals surface area contributed by atoms with Crippen molar-refractivity contribution in [1.29, 1.82) is 0 Å². The number of ether oxygens (including phenoxy) is 3. The quantitative estimate of drug-likeness (QED) is 0.271. The molecule has 3 heterocycles. The second-order valence-corrected chi connectivity index (χ2v) is 13.2. The first-order valence-corrected chi connectivity index (χ1v) is 16.0. The molecule has 0 saturated carbocycles. The molecular formula is C36H43NO12. The number of allylic oxidation sites excluding steroid dienone is 4. The highest BCUT2D eigenvalue weighted by molar-refractivity contribution is 6.30. The lowest BCUT2D eigenvalue weighted by Crippen LogP contribution is -2.46. The van der Waals surface area contributed by atoms with Gasteiger partial charge in [-0.1, -0.05) is 45.9 Å². The van der Waals surface area contributed by atoms with Gasteiger partial charge in [0.25, 0.3) is 11.7 Å². The average molecular weight is 682 g/mol. The Kier molecular flexibility index (Phi) is 10.7. The van der Waals surface area contributed by atoms with Crippen molar-refractivity contribution in [2.75, 3.05) is 0 Å². The molecule has 0 unspecified atom stereocenters. The van der Waals surface area contributed by atoms with Crippen LogP contribution in [0.4, 0.5) is 0 Å². The zero-order valence-corrected chi connectivity index (χ0v) is 28.6. The van der Waals surface area contributed by atoms with Crippen molar-refractivity contribution in [3.05, 3.63) is 70.2 Å². The molecular weight excluding hydrogens is 638 g/mol. The van der Waals surface area contributed by atoms with Gasteiger partial charge in [0.05, 0.1) is 47.0 Å². The summed E-state index contributed by atoms with van der Waals surface area (Å²) in [6.45, 7) is 11.9. The van der Waals surface area contributed by atoms with Crippen LogP contribution in [0.2, 0.25) is 0 Å². The molecule has 5 N–H and O–H groups in total. The van der Waals surface area contributed by atoms with Crippen LogP contribution in [0, 0.1) is 30.6 Å². The number of hydrogen-bond acceptors (Lipinski definition) is 12. The van der Waals surface area contributed by atoms with Gasteiger partial charge in [0.1, 0.15) is 17.6 Å². The number of aliphatic hydroxyl groups is 3. The second-order valence-electron chi connectivity index (χ2n) is 13.2. The third kappa shape index (κ3) is 6.96. The van der Waals surface area contributed by atoms with Crippen LogP contribution in [-0.4, -0.2) is 79.9 Å². The van der Waals surface area contributed by atoms with Gasteiger partial charge in [-0.05, 0) is 19.9 Å². The van der Waals surface area contributed by atoms with Gasteiger partial charge in [-0.2, -0.15) is 0 Å². The van der Waals surface area contributed by atoms with Gasteiger partial charge in [0.15, 0.2) is 5.78 Å². The minimum absolute atomic E-state index is 0.0187. The molecule has 0 fully saturated rings. The summed E-state index contributed by atoms with van der Waals surface area (Å²) in [6, 6.07) is 0. The molecule has 0 spiro atoms. The number of nitrogens with one attached hydrogen (secondary N) is 1. The maximum Gasteiger partial charge on any atom is 0.312 e. The zero-order valence-electron chi connectivity index (χ0n) is 28.6. The Hall–Kier alpha value is -4.59. The molecule has 1 aliphatic carbocycles. The lowest BCUT2D eigenvalue weighted by atomic mass is 9.78. The lowest BCUT2D eigenvalue weighted by Gasteiger charge is -2.37. The Morgan fingerprint density at radius 3 is 2.20 bits per heavy atom. The molecule has 49 heavy (non-hydrogen) atoms. The van der Waals surface area contributed by atoms with Crippen LogP contribution < -0.4 is 10.1 Å². The largest absolute Gasteiger partial charge is 0.507 e. The van der Waals surface area contributed by atoms with E-state index in [1.807, 2.05) is 0 Å². The molecule has 0 radical (unpaired) electrons. The van der Waals surface area contributed by atoms with Crippen molar-refractivity contribution >= 4 is 29.2 Å². The first kappa shape index (κ1) is 37.2. The standard InChI is InChI=1S/C36H43NO12/c1-15-10-9-11-16(2)35(46)37-22-14-24(40)25-26(31(22)44)30(43)20(6)33-27(25)34(45)36(8,49-33)47-13-12-23(39)17(3)32(48-21(7)38)19(5)29(42)18(4)28(15)41/h9-15,17-19,23,28-29,32,39,41-43H,1-8H3,(H,37,46)/b10-9-,13-12-,16-11-/t15-,17+,18+,19+,23-,28-,29+,32+,36-/m0/s1. The second kappa shape index (κ2) is 14.1. The number of aromatic hydroxyl groups is 1. The lowest BCUT2D eigenvalue weighted by molar-refractivity contribution is -0.159. The molecule has 264 valence electrons. The van der Waals surface area contributed by atoms with Gasteiger partial charge in [-0.15, -0.1) is 0 Å². The smallest absolute Gasteiger partial charge is 0.312 e. The molecule has 13 heteroatoms. The fourth-order valence-electron chi connectivity index (χ4n) is 6.34. The van der Waals surface area contributed by atoms with Gasteiger partial charge in [-0.3, -0.25) is 24.0 Å². The summed E-state index contributed by atoms with van der Waals surface area (Å²) >= 11 is 0. The number of fused-ring (bicyclic) bond motifs is 14. The normalized spacial score (nSPS) is 34.9. The summed E-state index contributed by atoms with van der Waals surface area (Å²) in [5.74, 6) is -9.64. The Morgan fingerprint density at radius 2 is 1.57 bits per heavy atom. The van der Waals surface area contributed by atoms with Crippen LogP contribution >= 0.6 is 0 Å². The number of carbonyl (C=O) groups excluding carboxylic acids is 5. The van der Waals surface area contributed by atoms with Crippen molar-refractivity contribution in [3.63, 3.8) is 0 Å². The Bertz CT molecular complexity index is 1700. The van der Waals surface area contributed by atoms with E-state index in [2.05, 4.69) is 5.32 Å². The number of aliphatic hydroxyl groups excluding tert-OH is 3. The highest BCUT2D eigenvalue weighted by Gasteiger charge is 2.51. The van der Waals surface area contributed by atoms with E-state index in [1.54, 1.807) is 33.8 Å². The maximum absolute atomic E-state index is 13.8. The number of benzene rings is 1. The number of carbonyl (C=O) groups is 5. The van der Waals surface area contributed by atoms with E-state index in [9.17, 15) is 44.4 Å². The molecule has 1 aromatic carbocycles. The first-order valence-electron chi connectivity index (χ1n) is 16.0. The fourth-order valence-corrected chi connectivity index (χ4v) is 6.34. The highest BCUT2D eigenvalue weighted by Crippen LogP contribution is 2.47. The van der Waals surface area contributed by atoms with E-state index in [4.69, 9.17) is 14.2 Å². The Morgan fingerprint density at radius 1 is 0.918 bits per heavy atom. The van der Waals surface area contributed by atoms with Gasteiger partial charge in [-0.25, -0.2) is 0 Å². The number of esters is 1. The summed E-state index contributed by atoms with van der Waals surface area (Å²) in [5, 5.41) is 46.9. The fraction of sp³-hybridized carbons (Fsp3) is 0.472. The van der Waals surface area contributed by atoms with E-state index in [1.165, 1.54) is 45.9 Å². The van der Waals surface area contributed by atoms with Gasteiger partial charge in [0, 0.05) is 54.7 Å². The highest BCUT2D eigenvalue weighted by atomic mass is 16.7. The van der Waals surface area contributed by atoms with Crippen LogP contribution in [0.25, 0.3) is 0 Å². The molecule has 0 saturated heterocycles. The number of rotatable bonds is 1. The summed E-state index contributed by atoms with van der Waals surface area (Å²) in [6.07, 6.45) is 3.03. The van der Waals surface area contributed by atoms with E-state index in [0.717, 1.165) is 12.3 Å². The van der Waals surface area contributed by atoms with Crippen LogP contribution in [0.15, 0.2) is 47.9 Å². The molecule has 5 bridgehead atoms. The molecule has 13 nitrogen and oxygen atoms in total. The van der Waals surface area contributed by atoms with Gasteiger partial charge >= 0.3 is 11.8 Å². The number of phenolic OH excluding ortho intramolecular Hbond substituents is 1. The average Bonchev–Trinajstić information content (AvgIpc) is 3.31. The number of amides is 1. The predicted octanol–water partition coefficient (Wildman–Crippen LogP) is 2.98. The van der Waals surface area contributed by atoms with Gasteiger partial charge < -0.3 is 40.0 Å². The van der Waals surface area contributed by atoms with Crippen LogP contribution in [-0.2, 0) is 19.1 Å². The van der Waals surface area contributed by atoms with E-state index in [-0.39, 0.29) is 22.4 Å². The molecule has 1 amide bonds. The SMILES string of the molecule is CC(=O)O[C@H]1[C@H](C)[C@H](O)[C@H](C)[C@@H](O)[C@@H](C)/C=C\C=C(\C)C(=O)NC2=CC(=O)c3c(c(O)c(C)c4c3C(=O)[C@@](C)(O/C=C\[C@H](O)[C@H]1C)O4)C2=O. The Labute approximate surface area is 283 Å². The number of phenols is 1. The van der Waals surface area contributed by atoms with Crippen molar-refractivity contribution in [2.24, 2.45) is 23.7 Å². The zero-order chi connectivity index (χ0) is 36.7. The summed E-state index contributed by atoms with van der Waals surface area (Å²) in [7, 11) is 0. The van der Waals surface area contributed by atoms with Crippen LogP contribution in [0.3, 0.4) is 0 Å². The van der Waals surface area contributed by atoms with Crippen LogP contribution in [0.5, 0.6) is 11.5 Å². The third-order valence-electron chi connectivity index (χ3n) is 9.56. The van der Waals surface area contributed by atoms with E-state index < -0.39 is 106 Å². The monoisotopic (exact) mass is 681 g/mol. The molecule has 5 rings (SSSR count). The third-order valence-corrected chi connectivity index (χ3v) is 9.56. The maximum atomic E-state index is 13.8.